The van der Waals surface area contributed by atoms with Crippen LogP contribution in [0.4, 0.5) is 4.39 Å². The summed E-state index contributed by atoms with van der Waals surface area (Å²) in [6.45, 7) is 0. The molecule has 4 rings (SSSR count). The number of benzene rings is 3. The van der Waals surface area contributed by atoms with Gasteiger partial charge in [0.2, 0.25) is 23.1 Å². The number of carbonyl (C=O) groups excluding carboxylic acids is 4. The summed E-state index contributed by atoms with van der Waals surface area (Å²) in [6.07, 6.45) is 0. The van der Waals surface area contributed by atoms with Crippen molar-refractivity contribution < 1.29 is 23.6 Å². The second-order valence-electron chi connectivity index (χ2n) is 6.48. The zero-order valence-corrected chi connectivity index (χ0v) is 14.0. The lowest BCUT2D eigenvalue weighted by Crippen LogP contribution is -2.46. The lowest BCUT2D eigenvalue weighted by atomic mass is 9.72. The highest BCUT2D eigenvalue weighted by Crippen LogP contribution is 2.33. The summed E-state index contributed by atoms with van der Waals surface area (Å²) in [5.74, 6) is -7.17. The van der Waals surface area contributed by atoms with Crippen LogP contribution in [0.1, 0.15) is 23.0 Å². The standard InChI is InChI=1S/C22H13FO4/c23-16-9-7-13(8-10-16)17-19(24)21(26)18(22(27)20(17)25)15-6-5-12-3-1-2-4-14(12)11-15/h1-11,17-18H. The van der Waals surface area contributed by atoms with Gasteiger partial charge in [0.15, 0.2) is 0 Å². The molecule has 0 saturated heterocycles. The van der Waals surface area contributed by atoms with Gasteiger partial charge in [-0.2, -0.15) is 0 Å². The first-order valence-corrected chi connectivity index (χ1v) is 8.37. The highest BCUT2D eigenvalue weighted by atomic mass is 19.1. The number of hydrogen-bond donors (Lipinski definition) is 0. The molecule has 132 valence electrons. The Labute approximate surface area is 153 Å². The second kappa shape index (κ2) is 6.36. The molecule has 3 aromatic rings. The quantitative estimate of drug-likeness (QED) is 0.520. The number of hydrogen-bond acceptors (Lipinski definition) is 4. The predicted octanol–water partition coefficient (Wildman–Crippen LogP) is 3.14. The maximum atomic E-state index is 13.1. The van der Waals surface area contributed by atoms with E-state index in [4.69, 9.17) is 0 Å². The zero-order valence-electron chi connectivity index (χ0n) is 14.0. The molecule has 0 N–H and O–H groups in total. The fourth-order valence-corrected chi connectivity index (χ4v) is 3.46. The van der Waals surface area contributed by atoms with Crippen molar-refractivity contribution in [3.05, 3.63) is 83.7 Å². The molecular weight excluding hydrogens is 347 g/mol. The first kappa shape index (κ1) is 17.0. The van der Waals surface area contributed by atoms with Gasteiger partial charge in [-0.3, -0.25) is 19.2 Å². The molecule has 0 unspecified atom stereocenters. The summed E-state index contributed by atoms with van der Waals surface area (Å²) in [4.78, 5) is 50.5. The molecule has 0 amide bonds. The maximum absolute atomic E-state index is 13.1. The van der Waals surface area contributed by atoms with Crippen molar-refractivity contribution >= 4 is 33.9 Å². The molecule has 1 fully saturated rings. The van der Waals surface area contributed by atoms with Crippen LogP contribution in [0.2, 0.25) is 0 Å². The summed E-state index contributed by atoms with van der Waals surface area (Å²) in [7, 11) is 0. The Kier molecular flexibility index (Phi) is 4.00. The number of ketones is 4. The number of carbonyl (C=O) groups is 4. The van der Waals surface area contributed by atoms with Gasteiger partial charge in [-0.25, -0.2) is 4.39 Å². The first-order valence-electron chi connectivity index (χ1n) is 8.37. The third-order valence-corrected chi connectivity index (χ3v) is 4.84. The van der Waals surface area contributed by atoms with Gasteiger partial charge in [-0.05, 0) is 40.1 Å². The largest absolute Gasteiger partial charge is 0.290 e. The summed E-state index contributed by atoms with van der Waals surface area (Å²) in [6, 6.07) is 17.0. The highest BCUT2D eigenvalue weighted by Gasteiger charge is 2.49. The Morgan fingerprint density at radius 2 is 1.04 bits per heavy atom. The van der Waals surface area contributed by atoms with Gasteiger partial charge in [-0.1, -0.05) is 48.5 Å². The number of fused-ring (bicyclic) bond motifs is 1. The van der Waals surface area contributed by atoms with E-state index in [-0.39, 0.29) is 5.56 Å². The van der Waals surface area contributed by atoms with Gasteiger partial charge >= 0.3 is 0 Å². The van der Waals surface area contributed by atoms with Crippen LogP contribution in [0.15, 0.2) is 66.7 Å². The molecule has 0 aromatic heterocycles. The van der Waals surface area contributed by atoms with Crippen molar-refractivity contribution in [3.8, 4) is 0 Å². The summed E-state index contributed by atoms with van der Waals surface area (Å²) in [5.41, 5.74) is 0.466. The Morgan fingerprint density at radius 3 is 1.63 bits per heavy atom. The van der Waals surface area contributed by atoms with E-state index in [1.165, 1.54) is 12.1 Å². The fraction of sp³-hybridized carbons (Fsp3) is 0.0909. The molecule has 27 heavy (non-hydrogen) atoms. The van der Waals surface area contributed by atoms with Crippen LogP contribution in [-0.4, -0.2) is 23.1 Å². The van der Waals surface area contributed by atoms with E-state index in [0.717, 1.165) is 22.9 Å². The average Bonchev–Trinajstić information content (AvgIpc) is 2.68. The molecular formula is C22H13FO4. The third-order valence-electron chi connectivity index (χ3n) is 4.84. The van der Waals surface area contributed by atoms with Crippen molar-refractivity contribution in [1.29, 1.82) is 0 Å². The van der Waals surface area contributed by atoms with Gasteiger partial charge in [0, 0.05) is 0 Å². The zero-order chi connectivity index (χ0) is 19.1. The van der Waals surface area contributed by atoms with Crippen molar-refractivity contribution in [2.24, 2.45) is 0 Å². The molecule has 1 aliphatic carbocycles. The fourth-order valence-electron chi connectivity index (χ4n) is 3.46. The minimum atomic E-state index is -1.50. The van der Waals surface area contributed by atoms with Crippen LogP contribution in [0.5, 0.6) is 0 Å². The van der Waals surface area contributed by atoms with Crippen molar-refractivity contribution in [2.75, 3.05) is 0 Å². The maximum Gasteiger partial charge on any atom is 0.214 e. The van der Waals surface area contributed by atoms with Gasteiger partial charge in [0.05, 0.1) is 0 Å². The van der Waals surface area contributed by atoms with Crippen molar-refractivity contribution in [3.63, 3.8) is 0 Å². The van der Waals surface area contributed by atoms with Crippen LogP contribution in [-0.2, 0) is 19.2 Å². The first-order chi connectivity index (χ1) is 13.0. The predicted molar refractivity (Wildman–Crippen MR) is 95.9 cm³/mol. The van der Waals surface area contributed by atoms with Crippen LogP contribution in [0, 0.1) is 5.82 Å². The van der Waals surface area contributed by atoms with Gasteiger partial charge in [-0.15, -0.1) is 0 Å². The van der Waals surface area contributed by atoms with Crippen LogP contribution >= 0.6 is 0 Å². The van der Waals surface area contributed by atoms with Crippen molar-refractivity contribution in [1.82, 2.24) is 0 Å². The molecule has 0 atom stereocenters. The Bertz CT molecular complexity index is 1090. The summed E-state index contributed by atoms with van der Waals surface area (Å²) >= 11 is 0. The molecule has 0 bridgehead atoms. The number of halogens is 1. The highest BCUT2D eigenvalue weighted by molar-refractivity contribution is 6.63. The van der Waals surface area contributed by atoms with E-state index < -0.39 is 40.8 Å². The van der Waals surface area contributed by atoms with Crippen molar-refractivity contribution in [2.45, 2.75) is 11.8 Å². The Hall–Kier alpha value is -3.47. The van der Waals surface area contributed by atoms with E-state index in [9.17, 15) is 23.6 Å². The molecule has 0 spiro atoms. The van der Waals surface area contributed by atoms with Gasteiger partial charge < -0.3 is 0 Å². The molecule has 0 heterocycles. The van der Waals surface area contributed by atoms with Crippen LogP contribution < -0.4 is 0 Å². The lowest BCUT2D eigenvalue weighted by molar-refractivity contribution is -0.151. The minimum Gasteiger partial charge on any atom is -0.290 e. The molecule has 0 radical (unpaired) electrons. The lowest BCUT2D eigenvalue weighted by Gasteiger charge is -2.24. The smallest absolute Gasteiger partial charge is 0.214 e. The minimum absolute atomic E-state index is 0.144. The SMILES string of the molecule is O=C1C(=O)C(c2ccc3ccccc3c2)C(=O)C(=O)C1c1ccc(F)cc1. The van der Waals surface area contributed by atoms with E-state index in [0.29, 0.717) is 5.56 Å². The molecule has 4 nitrogen and oxygen atoms in total. The number of Topliss-reactive ketones (excluding diaryl/α,β-unsaturated/α-hetero) is 4. The summed E-state index contributed by atoms with van der Waals surface area (Å²) < 4.78 is 13.1. The molecule has 5 heteroatoms. The average molecular weight is 360 g/mol. The summed E-state index contributed by atoms with van der Waals surface area (Å²) in [5, 5.41) is 1.72. The van der Waals surface area contributed by atoms with E-state index >= 15 is 0 Å². The van der Waals surface area contributed by atoms with Gasteiger partial charge in [0.1, 0.15) is 17.7 Å². The topological polar surface area (TPSA) is 68.3 Å². The van der Waals surface area contributed by atoms with Crippen LogP contribution in [0.3, 0.4) is 0 Å². The van der Waals surface area contributed by atoms with Gasteiger partial charge in [0.25, 0.3) is 0 Å². The monoisotopic (exact) mass is 360 g/mol. The van der Waals surface area contributed by atoms with E-state index in [1.54, 1.807) is 18.2 Å². The normalized spacial score (nSPS) is 20.3. The van der Waals surface area contributed by atoms with E-state index in [1.807, 2.05) is 24.3 Å². The second-order valence-corrected chi connectivity index (χ2v) is 6.48. The molecule has 1 aliphatic rings. The number of rotatable bonds is 2. The van der Waals surface area contributed by atoms with Crippen LogP contribution in [0.25, 0.3) is 10.8 Å². The molecule has 0 aliphatic heterocycles. The third kappa shape index (κ3) is 2.77. The molecule has 1 saturated carbocycles. The Morgan fingerprint density at radius 1 is 0.556 bits per heavy atom. The molecule has 3 aromatic carbocycles. The van der Waals surface area contributed by atoms with E-state index in [2.05, 4.69) is 0 Å². The Balaban J connectivity index is 1.75.